The number of hydrogen-bond donors (Lipinski definition) is 0. The molecule has 0 saturated carbocycles. The first-order valence-corrected chi connectivity index (χ1v) is 9.22. The number of aryl methyl sites for hydroxylation is 3. The summed E-state index contributed by atoms with van der Waals surface area (Å²) < 4.78 is 41.2. The number of alkyl halides is 3. The van der Waals surface area contributed by atoms with Gasteiger partial charge in [-0.05, 0) is 37.8 Å². The number of benzene rings is 1. The van der Waals surface area contributed by atoms with Gasteiger partial charge in [-0.3, -0.25) is 4.68 Å². The minimum absolute atomic E-state index is 0.0569. The molecule has 0 unspecified atom stereocenters. The van der Waals surface area contributed by atoms with Crippen LogP contribution in [0, 0.1) is 12.3 Å². The van der Waals surface area contributed by atoms with Crippen LogP contribution in [0.5, 0.6) is 0 Å². The van der Waals surface area contributed by atoms with Crippen molar-refractivity contribution in [2.75, 3.05) is 0 Å². The summed E-state index contributed by atoms with van der Waals surface area (Å²) in [5, 5.41) is 5.14. The lowest BCUT2D eigenvalue weighted by Crippen LogP contribution is -2.34. The summed E-state index contributed by atoms with van der Waals surface area (Å²) in [4.78, 5) is 16.2. The summed E-state index contributed by atoms with van der Waals surface area (Å²) >= 11 is 6.49. The van der Waals surface area contributed by atoms with E-state index in [2.05, 4.69) is 5.10 Å². The number of rotatable bonds is 5. The Morgan fingerprint density at radius 1 is 1.18 bits per heavy atom. The molecule has 0 N–H and O–H groups in total. The average Bonchev–Trinajstić information content (AvgIpc) is 2.90. The van der Waals surface area contributed by atoms with Crippen molar-refractivity contribution in [1.29, 1.82) is 0 Å². The van der Waals surface area contributed by atoms with E-state index in [0.29, 0.717) is 17.1 Å². The zero-order chi connectivity index (χ0) is 21.7. The fourth-order valence-corrected chi connectivity index (χ4v) is 3.28. The topological polar surface area (TPSA) is 52.0 Å². The zero-order valence-corrected chi connectivity index (χ0v) is 17.3. The minimum atomic E-state index is -4.24. The van der Waals surface area contributed by atoms with Crippen LogP contribution in [-0.4, -0.2) is 22.1 Å². The van der Waals surface area contributed by atoms with Crippen molar-refractivity contribution < 1.29 is 22.8 Å². The summed E-state index contributed by atoms with van der Waals surface area (Å²) in [6.07, 6.45) is -3.31. The maximum atomic E-state index is 13.1. The Bertz CT molecular complexity index is 852. The van der Waals surface area contributed by atoms with Gasteiger partial charge in [0.05, 0.1) is 21.8 Å². The van der Waals surface area contributed by atoms with Crippen LogP contribution in [0.25, 0.3) is 11.3 Å². The summed E-state index contributed by atoms with van der Waals surface area (Å²) in [5.74, 6) is 0. The molecule has 0 fully saturated rings. The van der Waals surface area contributed by atoms with Crippen LogP contribution < -0.4 is 0 Å². The molecule has 0 radical (unpaired) electrons. The molecule has 1 aromatic heterocycles. The van der Waals surface area contributed by atoms with E-state index in [1.807, 2.05) is 37.6 Å². The smallest absolute Gasteiger partial charge is 0.263 e. The second kappa shape index (κ2) is 9.39. The highest BCUT2D eigenvalue weighted by molar-refractivity contribution is 6.33. The predicted octanol–water partition coefficient (Wildman–Crippen LogP) is 5.64. The van der Waals surface area contributed by atoms with Crippen LogP contribution in [0.4, 0.5) is 13.2 Å². The zero-order valence-electron chi connectivity index (χ0n) is 16.6. The molecule has 28 heavy (non-hydrogen) atoms. The number of halogens is 4. The molecule has 0 saturated heterocycles. The van der Waals surface area contributed by atoms with Crippen LogP contribution in [0.15, 0.2) is 18.2 Å². The molecular weight excluding hydrogens is 393 g/mol. The van der Waals surface area contributed by atoms with Gasteiger partial charge in [0.25, 0.3) is 0 Å². The standard InChI is InChI=1S/C19H24ClF3N2.CO2/c1-6-15-16(20)17(25(7-2)24-15)14-9-8-13(10-12(14)3)11-18(4,5)19(21,22)23;2-1-3/h8-10H,6-7,11H2,1-5H3;. The maximum Gasteiger partial charge on any atom is 0.394 e. The second-order valence-corrected chi connectivity index (χ2v) is 7.45. The Morgan fingerprint density at radius 2 is 1.75 bits per heavy atom. The fraction of sp³-hybridized carbons (Fsp3) is 0.500. The molecule has 0 amide bonds. The minimum Gasteiger partial charge on any atom is -0.263 e. The van der Waals surface area contributed by atoms with Gasteiger partial charge in [-0.15, -0.1) is 0 Å². The molecule has 0 bridgehead atoms. The number of carbonyl (C=O) groups excluding carboxylic acids is 2. The Kier molecular flexibility index (Phi) is 8.03. The summed E-state index contributed by atoms with van der Waals surface area (Å²) in [7, 11) is 0. The molecule has 0 aliphatic rings. The second-order valence-electron chi connectivity index (χ2n) is 7.07. The van der Waals surface area contributed by atoms with Crippen molar-refractivity contribution in [3.05, 3.63) is 40.0 Å². The lowest BCUT2D eigenvalue weighted by atomic mass is 9.84. The molecule has 0 spiro atoms. The maximum absolute atomic E-state index is 13.1. The Balaban J connectivity index is 0.00000122. The Morgan fingerprint density at radius 3 is 2.18 bits per heavy atom. The fourth-order valence-electron chi connectivity index (χ4n) is 2.91. The van der Waals surface area contributed by atoms with Gasteiger partial charge in [-0.1, -0.05) is 50.6 Å². The molecule has 0 aliphatic carbocycles. The third-order valence-electron chi connectivity index (χ3n) is 4.55. The molecule has 4 nitrogen and oxygen atoms in total. The summed E-state index contributed by atoms with van der Waals surface area (Å²) in [6, 6.07) is 5.42. The first-order valence-electron chi connectivity index (χ1n) is 8.84. The summed E-state index contributed by atoms with van der Waals surface area (Å²) in [6.45, 7) is 9.01. The molecule has 8 heteroatoms. The van der Waals surface area contributed by atoms with Crippen molar-refractivity contribution >= 4 is 17.8 Å². The first kappa shape index (κ1) is 23.9. The van der Waals surface area contributed by atoms with Crippen molar-refractivity contribution in [1.82, 2.24) is 9.78 Å². The Labute approximate surface area is 167 Å². The van der Waals surface area contributed by atoms with E-state index in [1.54, 1.807) is 6.07 Å². The van der Waals surface area contributed by atoms with Crippen LogP contribution in [0.2, 0.25) is 5.02 Å². The van der Waals surface area contributed by atoms with Gasteiger partial charge in [-0.25, -0.2) is 0 Å². The normalized spacial score (nSPS) is 11.6. The van der Waals surface area contributed by atoms with Gasteiger partial charge in [-0.2, -0.15) is 27.9 Å². The van der Waals surface area contributed by atoms with Crippen molar-refractivity contribution in [2.45, 2.75) is 60.2 Å². The summed E-state index contributed by atoms with van der Waals surface area (Å²) in [5.41, 5.74) is 2.37. The van der Waals surface area contributed by atoms with Gasteiger partial charge in [0.2, 0.25) is 0 Å². The van der Waals surface area contributed by atoms with Crippen molar-refractivity contribution in [2.24, 2.45) is 5.41 Å². The van der Waals surface area contributed by atoms with E-state index in [9.17, 15) is 13.2 Å². The highest BCUT2D eigenvalue weighted by Gasteiger charge is 2.46. The van der Waals surface area contributed by atoms with Crippen molar-refractivity contribution in [3.63, 3.8) is 0 Å². The highest BCUT2D eigenvalue weighted by Crippen LogP contribution is 2.41. The number of aromatic nitrogens is 2. The van der Waals surface area contributed by atoms with Crippen LogP contribution >= 0.6 is 11.6 Å². The van der Waals surface area contributed by atoms with Crippen LogP contribution in [-0.2, 0) is 29.0 Å². The molecule has 2 rings (SSSR count). The molecular formula is C20H24ClF3N2O2. The van der Waals surface area contributed by atoms with Gasteiger partial charge in [0.15, 0.2) is 0 Å². The molecule has 1 heterocycles. The molecule has 0 aliphatic heterocycles. The lowest BCUT2D eigenvalue weighted by Gasteiger charge is -2.28. The van der Waals surface area contributed by atoms with E-state index < -0.39 is 11.6 Å². The molecule has 154 valence electrons. The number of hydrogen-bond acceptors (Lipinski definition) is 3. The first-order chi connectivity index (χ1) is 12.9. The molecule has 2 aromatic rings. The molecule has 1 aromatic carbocycles. The predicted molar refractivity (Wildman–Crippen MR) is 101 cm³/mol. The van der Waals surface area contributed by atoms with Crippen LogP contribution in [0.3, 0.4) is 0 Å². The highest BCUT2D eigenvalue weighted by atomic mass is 35.5. The largest absolute Gasteiger partial charge is 0.394 e. The Hall–Kier alpha value is -2.11. The third-order valence-corrected chi connectivity index (χ3v) is 4.95. The number of nitrogens with zero attached hydrogens (tertiary/aromatic N) is 2. The lowest BCUT2D eigenvalue weighted by molar-refractivity contribution is -0.211. The van der Waals surface area contributed by atoms with Crippen molar-refractivity contribution in [3.8, 4) is 11.3 Å². The van der Waals surface area contributed by atoms with E-state index in [4.69, 9.17) is 21.2 Å². The van der Waals surface area contributed by atoms with Gasteiger partial charge in [0.1, 0.15) is 0 Å². The molecule has 0 atom stereocenters. The van der Waals surface area contributed by atoms with E-state index in [1.165, 1.54) is 13.8 Å². The monoisotopic (exact) mass is 416 g/mol. The van der Waals surface area contributed by atoms with Gasteiger partial charge in [0, 0.05) is 12.1 Å². The SMILES string of the molecule is CCc1nn(CC)c(-c2ccc(CC(C)(C)C(F)(F)F)cc2C)c1Cl.O=C=O. The van der Waals surface area contributed by atoms with Gasteiger partial charge >= 0.3 is 12.3 Å². The average molecular weight is 417 g/mol. The van der Waals surface area contributed by atoms with Gasteiger partial charge < -0.3 is 0 Å². The third kappa shape index (κ3) is 5.24. The quantitative estimate of drug-likeness (QED) is 0.633. The van der Waals surface area contributed by atoms with Crippen LogP contribution in [0.1, 0.15) is 44.5 Å². The van der Waals surface area contributed by atoms with E-state index >= 15 is 0 Å². The van der Waals surface area contributed by atoms with E-state index in [0.717, 1.165) is 28.9 Å². The van der Waals surface area contributed by atoms with E-state index in [-0.39, 0.29) is 12.6 Å².